The van der Waals surface area contributed by atoms with E-state index in [0.29, 0.717) is 0 Å². The molecule has 1 N–H and O–H groups in total. The minimum atomic E-state index is 0.719. The van der Waals surface area contributed by atoms with Gasteiger partial charge in [0.25, 0.3) is 0 Å². The maximum absolute atomic E-state index is 4.50. The van der Waals surface area contributed by atoms with Gasteiger partial charge in [-0.2, -0.15) is 5.10 Å². The molecular formula is C10H14N4S. The number of anilines is 1. The number of aliphatic imine (C=N–C) groups is 1. The molecule has 0 amide bonds. The number of aryl methyl sites for hydroxylation is 1. The lowest BCUT2D eigenvalue weighted by atomic mass is 10.3. The van der Waals surface area contributed by atoms with E-state index in [9.17, 15) is 0 Å². The first-order valence-corrected chi connectivity index (χ1v) is 6.17. The van der Waals surface area contributed by atoms with Gasteiger partial charge in [0.1, 0.15) is 0 Å². The summed E-state index contributed by atoms with van der Waals surface area (Å²) in [7, 11) is 1.92. The second-order valence-electron chi connectivity index (χ2n) is 4.14. The van der Waals surface area contributed by atoms with Crippen molar-refractivity contribution in [3.8, 4) is 0 Å². The van der Waals surface area contributed by atoms with Gasteiger partial charge in [0.05, 0.1) is 6.54 Å². The summed E-state index contributed by atoms with van der Waals surface area (Å²) in [6.07, 6.45) is 4.72. The van der Waals surface area contributed by atoms with Gasteiger partial charge in [-0.25, -0.2) is 0 Å². The van der Waals surface area contributed by atoms with Gasteiger partial charge in [-0.3, -0.25) is 9.67 Å². The molecule has 1 aromatic rings. The largest absolute Gasteiger partial charge is 0.318 e. The van der Waals surface area contributed by atoms with Crippen LogP contribution in [0.5, 0.6) is 0 Å². The topological polar surface area (TPSA) is 42.2 Å². The van der Waals surface area contributed by atoms with Crippen molar-refractivity contribution < 1.29 is 0 Å². The summed E-state index contributed by atoms with van der Waals surface area (Å²) >= 11 is 1.87. The number of hydrogen-bond acceptors (Lipinski definition) is 4. The van der Waals surface area contributed by atoms with Gasteiger partial charge >= 0.3 is 0 Å². The van der Waals surface area contributed by atoms with Crippen molar-refractivity contribution in [3.05, 3.63) is 12.3 Å². The molecule has 0 bridgehead atoms. The summed E-state index contributed by atoms with van der Waals surface area (Å²) in [5.41, 5.74) is 0. The van der Waals surface area contributed by atoms with Crippen LogP contribution in [-0.4, -0.2) is 26.7 Å². The molecule has 1 atom stereocenters. The minimum Gasteiger partial charge on any atom is -0.318 e. The van der Waals surface area contributed by atoms with E-state index in [-0.39, 0.29) is 0 Å². The van der Waals surface area contributed by atoms with Crippen molar-refractivity contribution in [2.24, 2.45) is 18.0 Å². The maximum Gasteiger partial charge on any atom is 0.162 e. The summed E-state index contributed by atoms with van der Waals surface area (Å²) in [6, 6.07) is 1.97. The van der Waals surface area contributed by atoms with Crippen molar-refractivity contribution in [1.82, 2.24) is 9.78 Å². The first-order chi connectivity index (χ1) is 7.31. The third-order valence-corrected chi connectivity index (χ3v) is 4.07. The van der Waals surface area contributed by atoms with Crippen LogP contribution >= 0.6 is 11.8 Å². The number of nitrogens with one attached hydrogen (secondary N) is 1. The predicted octanol–water partition coefficient (Wildman–Crippen LogP) is 1.71. The first-order valence-electron chi connectivity index (χ1n) is 5.29. The Bertz CT molecular complexity index is 394. The Balaban J connectivity index is 1.60. The van der Waals surface area contributed by atoms with Gasteiger partial charge in [0, 0.05) is 24.6 Å². The molecular weight excluding hydrogens is 208 g/mol. The molecule has 1 saturated carbocycles. The molecule has 15 heavy (non-hydrogen) atoms. The van der Waals surface area contributed by atoms with E-state index in [1.54, 1.807) is 4.68 Å². The zero-order chi connectivity index (χ0) is 10.3. The van der Waals surface area contributed by atoms with Crippen LogP contribution in [0.4, 0.5) is 5.82 Å². The molecule has 0 aromatic carbocycles. The molecule has 0 saturated heterocycles. The summed E-state index contributed by atoms with van der Waals surface area (Å²) in [5, 5.41) is 9.28. The lowest BCUT2D eigenvalue weighted by molar-refractivity contribution is 0.771. The van der Waals surface area contributed by atoms with Crippen molar-refractivity contribution >= 4 is 22.7 Å². The van der Waals surface area contributed by atoms with Crippen molar-refractivity contribution in [1.29, 1.82) is 0 Å². The number of thioether (sulfide) groups is 1. The van der Waals surface area contributed by atoms with Gasteiger partial charge in [-0.05, 0) is 18.8 Å². The summed E-state index contributed by atoms with van der Waals surface area (Å²) in [6.45, 7) is 0.977. The molecule has 1 aliphatic carbocycles. The van der Waals surface area contributed by atoms with Crippen molar-refractivity contribution in [2.75, 3.05) is 11.9 Å². The van der Waals surface area contributed by atoms with Crippen LogP contribution in [0.1, 0.15) is 12.8 Å². The van der Waals surface area contributed by atoms with Gasteiger partial charge < -0.3 is 5.32 Å². The van der Waals surface area contributed by atoms with Crippen LogP contribution < -0.4 is 5.32 Å². The Kier molecular flexibility index (Phi) is 2.20. The highest BCUT2D eigenvalue weighted by Crippen LogP contribution is 2.41. The molecule has 5 heteroatoms. The van der Waals surface area contributed by atoms with E-state index in [2.05, 4.69) is 15.4 Å². The fraction of sp³-hybridized carbons (Fsp3) is 0.600. The zero-order valence-corrected chi connectivity index (χ0v) is 9.50. The van der Waals surface area contributed by atoms with E-state index in [4.69, 9.17) is 0 Å². The molecule has 0 spiro atoms. The fourth-order valence-electron chi connectivity index (χ4n) is 1.76. The Morgan fingerprint density at radius 2 is 2.40 bits per heavy atom. The number of amidine groups is 1. The molecule has 1 fully saturated rings. The Morgan fingerprint density at radius 1 is 1.53 bits per heavy atom. The standard InChI is InChI=1S/C10H14N4S/c1-14-5-4-9(13-14)12-10-11-6-8(15-10)7-2-3-7/h4-5,7-8H,2-3,6H2,1H3,(H,11,12,13). The smallest absolute Gasteiger partial charge is 0.162 e. The summed E-state index contributed by atoms with van der Waals surface area (Å²) in [5.74, 6) is 1.81. The molecule has 1 aromatic heterocycles. The highest BCUT2D eigenvalue weighted by atomic mass is 32.2. The number of nitrogens with zero attached hydrogens (tertiary/aromatic N) is 3. The second kappa shape index (κ2) is 3.56. The van der Waals surface area contributed by atoms with E-state index >= 15 is 0 Å². The normalized spacial score (nSPS) is 25.4. The molecule has 2 heterocycles. The lowest BCUT2D eigenvalue weighted by Gasteiger charge is -2.05. The average molecular weight is 222 g/mol. The molecule has 4 nitrogen and oxygen atoms in total. The van der Waals surface area contributed by atoms with Crippen LogP contribution in [0.15, 0.2) is 17.3 Å². The fourth-order valence-corrected chi connectivity index (χ4v) is 2.98. The van der Waals surface area contributed by atoms with Crippen LogP contribution in [-0.2, 0) is 7.05 Å². The Morgan fingerprint density at radius 3 is 3.07 bits per heavy atom. The lowest BCUT2D eigenvalue weighted by Crippen LogP contribution is -2.09. The van der Waals surface area contributed by atoms with Crippen LogP contribution in [0.2, 0.25) is 0 Å². The van der Waals surface area contributed by atoms with Crippen LogP contribution in [0, 0.1) is 5.92 Å². The van der Waals surface area contributed by atoms with E-state index < -0.39 is 0 Å². The number of hydrogen-bond donors (Lipinski definition) is 1. The predicted molar refractivity (Wildman–Crippen MR) is 63.2 cm³/mol. The van der Waals surface area contributed by atoms with Gasteiger partial charge in [0.2, 0.25) is 0 Å². The molecule has 3 rings (SSSR count). The van der Waals surface area contributed by atoms with Crippen LogP contribution in [0.3, 0.4) is 0 Å². The van der Waals surface area contributed by atoms with Crippen LogP contribution in [0.25, 0.3) is 0 Å². The van der Waals surface area contributed by atoms with Gasteiger partial charge in [-0.1, -0.05) is 11.8 Å². The molecule has 1 aliphatic heterocycles. The third kappa shape index (κ3) is 2.02. The zero-order valence-electron chi connectivity index (χ0n) is 8.68. The second-order valence-corrected chi connectivity index (χ2v) is 5.37. The minimum absolute atomic E-state index is 0.719. The van der Waals surface area contributed by atoms with Gasteiger partial charge in [0.15, 0.2) is 11.0 Å². The molecule has 0 radical (unpaired) electrons. The number of aromatic nitrogens is 2. The van der Waals surface area contributed by atoms with Crippen molar-refractivity contribution in [3.63, 3.8) is 0 Å². The Hall–Kier alpha value is -0.970. The highest BCUT2D eigenvalue weighted by molar-refractivity contribution is 8.15. The third-order valence-electron chi connectivity index (χ3n) is 2.77. The summed E-state index contributed by atoms with van der Waals surface area (Å²) < 4.78 is 1.79. The van der Waals surface area contributed by atoms with E-state index in [0.717, 1.165) is 28.7 Å². The summed E-state index contributed by atoms with van der Waals surface area (Å²) in [4.78, 5) is 4.50. The first kappa shape index (κ1) is 9.27. The van der Waals surface area contributed by atoms with E-state index in [1.807, 2.05) is 31.1 Å². The highest BCUT2D eigenvalue weighted by Gasteiger charge is 2.35. The SMILES string of the molecule is Cn1ccc(NC2=NCC(C3CC3)S2)n1. The monoisotopic (exact) mass is 222 g/mol. The van der Waals surface area contributed by atoms with Gasteiger partial charge in [-0.15, -0.1) is 0 Å². The molecule has 80 valence electrons. The van der Waals surface area contributed by atoms with E-state index in [1.165, 1.54) is 12.8 Å². The quantitative estimate of drug-likeness (QED) is 0.828. The number of rotatable bonds is 2. The van der Waals surface area contributed by atoms with Crippen molar-refractivity contribution in [2.45, 2.75) is 18.1 Å². The molecule has 1 unspecified atom stereocenters. The average Bonchev–Trinajstić information content (AvgIpc) is 2.84. The maximum atomic E-state index is 4.50. The molecule has 2 aliphatic rings. The Labute approximate surface area is 93.1 Å².